The van der Waals surface area contributed by atoms with Gasteiger partial charge in [-0.25, -0.2) is 0 Å². The first kappa shape index (κ1) is 12.9. The van der Waals surface area contributed by atoms with Crippen LogP contribution in [0.2, 0.25) is 0 Å². The van der Waals surface area contributed by atoms with Crippen LogP contribution in [-0.2, 0) is 4.74 Å². The van der Waals surface area contributed by atoms with E-state index in [0.717, 1.165) is 19.7 Å². The molecule has 1 fully saturated rings. The fourth-order valence-corrected chi connectivity index (χ4v) is 1.83. The zero-order chi connectivity index (χ0) is 11.5. The van der Waals surface area contributed by atoms with Crippen molar-refractivity contribution in [2.24, 2.45) is 5.41 Å². The Morgan fingerprint density at radius 3 is 2.47 bits per heavy atom. The van der Waals surface area contributed by atoms with Gasteiger partial charge >= 0.3 is 0 Å². The molecule has 1 aliphatic rings. The van der Waals surface area contributed by atoms with E-state index in [4.69, 9.17) is 4.74 Å². The standard InChI is InChI=1S/C11H23NO3/c1-9-5-15-10(2)4-12(9)6-11(3,7-13)8-14/h9-10,13-14H,4-8H2,1-3H3. The molecular weight excluding hydrogens is 194 g/mol. The molecule has 4 nitrogen and oxygen atoms in total. The lowest BCUT2D eigenvalue weighted by Crippen LogP contribution is -2.52. The summed E-state index contributed by atoms with van der Waals surface area (Å²) in [7, 11) is 0. The van der Waals surface area contributed by atoms with Crippen LogP contribution in [0.15, 0.2) is 0 Å². The third-order valence-corrected chi connectivity index (χ3v) is 3.09. The molecule has 0 bridgehead atoms. The van der Waals surface area contributed by atoms with E-state index in [1.807, 2.05) is 13.8 Å². The Balaban J connectivity index is 2.54. The van der Waals surface area contributed by atoms with Crippen molar-refractivity contribution < 1.29 is 14.9 Å². The predicted octanol–water partition coefficient (Wildman–Crippen LogP) is 0.0865. The van der Waals surface area contributed by atoms with Crippen LogP contribution in [-0.4, -0.2) is 60.2 Å². The largest absolute Gasteiger partial charge is 0.396 e. The molecule has 0 aromatic heterocycles. The Morgan fingerprint density at radius 2 is 1.93 bits per heavy atom. The molecule has 4 heteroatoms. The maximum Gasteiger partial charge on any atom is 0.0674 e. The summed E-state index contributed by atoms with van der Waals surface area (Å²) in [5.41, 5.74) is -0.411. The molecule has 0 aliphatic carbocycles. The van der Waals surface area contributed by atoms with Crippen molar-refractivity contribution in [3.63, 3.8) is 0 Å². The second kappa shape index (κ2) is 5.25. The first-order valence-corrected chi connectivity index (χ1v) is 5.58. The highest BCUT2D eigenvalue weighted by Gasteiger charge is 2.31. The molecule has 2 atom stereocenters. The number of rotatable bonds is 4. The lowest BCUT2D eigenvalue weighted by atomic mass is 9.91. The van der Waals surface area contributed by atoms with Crippen molar-refractivity contribution in [2.45, 2.75) is 32.9 Å². The maximum absolute atomic E-state index is 9.25. The van der Waals surface area contributed by atoms with Crippen LogP contribution in [0.25, 0.3) is 0 Å². The van der Waals surface area contributed by atoms with Gasteiger partial charge in [0.05, 0.1) is 25.9 Å². The van der Waals surface area contributed by atoms with E-state index in [-0.39, 0.29) is 19.3 Å². The average molecular weight is 217 g/mol. The van der Waals surface area contributed by atoms with Gasteiger partial charge in [0.25, 0.3) is 0 Å². The molecule has 0 spiro atoms. The molecule has 0 aromatic rings. The van der Waals surface area contributed by atoms with Gasteiger partial charge in [0, 0.05) is 24.5 Å². The Kier molecular flexibility index (Phi) is 4.52. The molecule has 0 aromatic carbocycles. The summed E-state index contributed by atoms with van der Waals surface area (Å²) in [6, 6.07) is 0.360. The summed E-state index contributed by atoms with van der Waals surface area (Å²) >= 11 is 0. The van der Waals surface area contributed by atoms with Crippen molar-refractivity contribution >= 4 is 0 Å². The van der Waals surface area contributed by atoms with Crippen LogP contribution < -0.4 is 0 Å². The van der Waals surface area contributed by atoms with Crippen LogP contribution >= 0.6 is 0 Å². The van der Waals surface area contributed by atoms with Gasteiger partial charge in [0.2, 0.25) is 0 Å². The van der Waals surface area contributed by atoms with Gasteiger partial charge < -0.3 is 14.9 Å². The highest BCUT2D eigenvalue weighted by atomic mass is 16.5. The quantitative estimate of drug-likeness (QED) is 0.700. The highest BCUT2D eigenvalue weighted by Crippen LogP contribution is 2.20. The Morgan fingerprint density at radius 1 is 1.33 bits per heavy atom. The molecule has 90 valence electrons. The molecule has 1 saturated heterocycles. The molecule has 1 heterocycles. The average Bonchev–Trinajstić information content (AvgIpc) is 2.23. The Bertz CT molecular complexity index is 194. The van der Waals surface area contributed by atoms with Crippen molar-refractivity contribution in [3.05, 3.63) is 0 Å². The van der Waals surface area contributed by atoms with Gasteiger partial charge in [-0.2, -0.15) is 0 Å². The summed E-state index contributed by atoms with van der Waals surface area (Å²) < 4.78 is 5.54. The van der Waals surface area contributed by atoms with Gasteiger partial charge in [-0.3, -0.25) is 4.90 Å². The summed E-state index contributed by atoms with van der Waals surface area (Å²) in [6.45, 7) is 8.42. The van der Waals surface area contributed by atoms with Crippen molar-refractivity contribution in [2.75, 3.05) is 32.9 Å². The number of hydrogen-bond donors (Lipinski definition) is 2. The normalized spacial score (nSPS) is 29.4. The van der Waals surface area contributed by atoms with E-state index in [1.54, 1.807) is 0 Å². The van der Waals surface area contributed by atoms with Crippen LogP contribution in [0.4, 0.5) is 0 Å². The molecule has 0 saturated carbocycles. The number of ether oxygens (including phenoxy) is 1. The van der Waals surface area contributed by atoms with Crippen LogP contribution in [0.1, 0.15) is 20.8 Å². The molecule has 1 rings (SSSR count). The minimum atomic E-state index is -0.411. The van der Waals surface area contributed by atoms with Crippen molar-refractivity contribution in [1.82, 2.24) is 4.90 Å². The van der Waals surface area contributed by atoms with E-state index in [0.29, 0.717) is 6.04 Å². The third-order valence-electron chi connectivity index (χ3n) is 3.09. The molecule has 0 amide bonds. The highest BCUT2D eigenvalue weighted by molar-refractivity contribution is 4.83. The number of hydrogen-bond acceptors (Lipinski definition) is 4. The first-order valence-electron chi connectivity index (χ1n) is 5.58. The Hall–Kier alpha value is -0.160. The van der Waals surface area contributed by atoms with Gasteiger partial charge in [-0.05, 0) is 13.8 Å². The third kappa shape index (κ3) is 3.41. The van der Waals surface area contributed by atoms with Gasteiger partial charge in [0.15, 0.2) is 0 Å². The van der Waals surface area contributed by atoms with Gasteiger partial charge in [-0.15, -0.1) is 0 Å². The topological polar surface area (TPSA) is 52.9 Å². The summed E-state index contributed by atoms with van der Waals surface area (Å²) in [5, 5.41) is 18.5. The number of morpholine rings is 1. The van der Waals surface area contributed by atoms with E-state index in [1.165, 1.54) is 0 Å². The van der Waals surface area contributed by atoms with Crippen LogP contribution in [0, 0.1) is 5.41 Å². The summed E-state index contributed by atoms with van der Waals surface area (Å²) in [4.78, 5) is 2.28. The number of nitrogens with zero attached hydrogens (tertiary/aromatic N) is 1. The summed E-state index contributed by atoms with van der Waals surface area (Å²) in [6.07, 6.45) is 0.239. The van der Waals surface area contributed by atoms with E-state index in [9.17, 15) is 10.2 Å². The van der Waals surface area contributed by atoms with Gasteiger partial charge in [0.1, 0.15) is 0 Å². The van der Waals surface area contributed by atoms with Gasteiger partial charge in [-0.1, -0.05) is 6.92 Å². The number of aliphatic hydroxyl groups is 2. The molecule has 2 N–H and O–H groups in total. The fourth-order valence-electron chi connectivity index (χ4n) is 1.83. The number of aliphatic hydroxyl groups excluding tert-OH is 2. The molecular formula is C11H23NO3. The predicted molar refractivity (Wildman–Crippen MR) is 58.7 cm³/mol. The Labute approximate surface area is 91.8 Å². The first-order chi connectivity index (χ1) is 7.00. The van der Waals surface area contributed by atoms with E-state index >= 15 is 0 Å². The maximum atomic E-state index is 9.25. The second-order valence-electron chi connectivity index (χ2n) is 5.05. The zero-order valence-corrected chi connectivity index (χ0v) is 9.94. The fraction of sp³-hybridized carbons (Fsp3) is 1.00. The minimum Gasteiger partial charge on any atom is -0.396 e. The molecule has 0 radical (unpaired) electrons. The van der Waals surface area contributed by atoms with Crippen LogP contribution in [0.3, 0.4) is 0 Å². The lowest BCUT2D eigenvalue weighted by molar-refractivity contribution is -0.0731. The minimum absolute atomic E-state index is 0.0158. The second-order valence-corrected chi connectivity index (χ2v) is 5.05. The zero-order valence-electron chi connectivity index (χ0n) is 9.94. The summed E-state index contributed by atoms with van der Waals surface area (Å²) in [5.74, 6) is 0. The van der Waals surface area contributed by atoms with Crippen molar-refractivity contribution in [3.8, 4) is 0 Å². The van der Waals surface area contributed by atoms with E-state index < -0.39 is 5.41 Å². The van der Waals surface area contributed by atoms with Crippen molar-refractivity contribution in [1.29, 1.82) is 0 Å². The molecule has 2 unspecified atom stereocenters. The molecule has 15 heavy (non-hydrogen) atoms. The lowest BCUT2D eigenvalue weighted by Gasteiger charge is -2.41. The SMILES string of the molecule is CC1CN(CC(C)(CO)CO)C(C)CO1. The van der Waals surface area contributed by atoms with E-state index in [2.05, 4.69) is 11.8 Å². The molecule has 1 aliphatic heterocycles. The van der Waals surface area contributed by atoms with Crippen LogP contribution in [0.5, 0.6) is 0 Å². The smallest absolute Gasteiger partial charge is 0.0674 e. The monoisotopic (exact) mass is 217 g/mol.